The van der Waals surface area contributed by atoms with Crippen LogP contribution in [0, 0.1) is 0 Å². The first-order chi connectivity index (χ1) is 8.91. The summed E-state index contributed by atoms with van der Waals surface area (Å²) >= 11 is 0. The van der Waals surface area contributed by atoms with Gasteiger partial charge in [0.1, 0.15) is 0 Å². The van der Waals surface area contributed by atoms with Crippen LogP contribution in [0.3, 0.4) is 0 Å². The maximum atomic E-state index is 3.33. The van der Waals surface area contributed by atoms with E-state index in [9.17, 15) is 0 Å². The van der Waals surface area contributed by atoms with Crippen LogP contribution in [-0.2, 0) is 0 Å². The molecule has 0 aliphatic heterocycles. The highest BCUT2D eigenvalue weighted by atomic mass is 35.5. The van der Waals surface area contributed by atoms with Crippen molar-refractivity contribution in [1.29, 1.82) is 0 Å². The highest BCUT2D eigenvalue weighted by Gasteiger charge is 1.91. The molecule has 4 heteroatoms. The molecule has 0 amide bonds. The summed E-state index contributed by atoms with van der Waals surface area (Å²) in [7, 11) is 0. The first-order valence-corrected chi connectivity index (χ1v) is 8.37. The van der Waals surface area contributed by atoms with Crippen molar-refractivity contribution < 1.29 is 0 Å². The second kappa shape index (κ2) is 24.5. The van der Waals surface area contributed by atoms with Crippen molar-refractivity contribution in [2.45, 2.75) is 90.9 Å². The number of halogens is 2. The van der Waals surface area contributed by atoms with E-state index in [1.165, 1.54) is 77.0 Å². The highest BCUT2D eigenvalue weighted by molar-refractivity contribution is 5.85. The minimum absolute atomic E-state index is 0. The summed E-state index contributed by atoms with van der Waals surface area (Å²) in [4.78, 5) is 0. The van der Waals surface area contributed by atoms with Crippen molar-refractivity contribution in [2.24, 2.45) is 0 Å². The molecule has 0 atom stereocenters. The Bertz CT molecular complexity index is 130. The molecule has 0 saturated heterocycles. The monoisotopic (exact) mass is 328 g/mol. The molecule has 0 spiro atoms. The Hall–Kier alpha value is 0.500. The van der Waals surface area contributed by atoms with Crippen LogP contribution >= 0.6 is 24.8 Å². The molecule has 0 saturated carbocycles. The number of hydrazine groups is 1. The van der Waals surface area contributed by atoms with E-state index in [4.69, 9.17) is 0 Å². The zero-order chi connectivity index (χ0) is 13.3. The van der Waals surface area contributed by atoms with Gasteiger partial charge in [0.05, 0.1) is 0 Å². The predicted octanol–water partition coefficient (Wildman–Crippen LogP) is 5.65. The summed E-state index contributed by atoms with van der Waals surface area (Å²) in [6, 6.07) is 0. The summed E-state index contributed by atoms with van der Waals surface area (Å²) in [5.41, 5.74) is 6.66. The molecule has 0 aliphatic rings. The zero-order valence-corrected chi connectivity index (χ0v) is 15.3. The molecular weight excluding hydrogens is 291 g/mol. The van der Waals surface area contributed by atoms with Gasteiger partial charge in [-0.25, -0.2) is 0 Å². The van der Waals surface area contributed by atoms with E-state index in [2.05, 4.69) is 24.7 Å². The molecule has 20 heavy (non-hydrogen) atoms. The van der Waals surface area contributed by atoms with Crippen LogP contribution < -0.4 is 10.9 Å². The highest BCUT2D eigenvalue weighted by Crippen LogP contribution is 2.04. The summed E-state index contributed by atoms with van der Waals surface area (Å²) in [5, 5.41) is 0. The average Bonchev–Trinajstić information content (AvgIpc) is 2.39. The van der Waals surface area contributed by atoms with Gasteiger partial charge in [0.15, 0.2) is 0 Å². The van der Waals surface area contributed by atoms with Crippen molar-refractivity contribution in [3.05, 3.63) is 0 Å². The van der Waals surface area contributed by atoms with Gasteiger partial charge in [-0.3, -0.25) is 10.9 Å². The Morgan fingerprint density at radius 3 is 1.10 bits per heavy atom. The van der Waals surface area contributed by atoms with E-state index in [1.54, 1.807) is 0 Å². The van der Waals surface area contributed by atoms with Crippen molar-refractivity contribution in [2.75, 3.05) is 13.1 Å². The van der Waals surface area contributed by atoms with Gasteiger partial charge in [-0.2, -0.15) is 0 Å². The molecule has 0 bridgehead atoms. The first-order valence-electron chi connectivity index (χ1n) is 8.37. The molecule has 0 radical (unpaired) electrons. The SMILES string of the molecule is CCCCCCCCNNCCCCCCCC.Cl.Cl. The standard InChI is InChI=1S/C16H36N2.2ClH/c1-3-5-7-9-11-13-15-17-18-16-14-12-10-8-6-4-2;;/h17-18H,3-16H2,1-2H3;2*1H. The summed E-state index contributed by atoms with van der Waals surface area (Å²) in [6.07, 6.45) is 16.5. The van der Waals surface area contributed by atoms with E-state index >= 15 is 0 Å². The molecule has 0 aromatic carbocycles. The summed E-state index contributed by atoms with van der Waals surface area (Å²) in [5.74, 6) is 0. The lowest BCUT2D eigenvalue weighted by Crippen LogP contribution is -2.33. The molecule has 0 aromatic rings. The van der Waals surface area contributed by atoms with Crippen molar-refractivity contribution >= 4 is 24.8 Å². The number of hydrogen-bond acceptors (Lipinski definition) is 2. The molecule has 126 valence electrons. The number of nitrogens with one attached hydrogen (secondary N) is 2. The quantitative estimate of drug-likeness (QED) is 0.300. The van der Waals surface area contributed by atoms with Gasteiger partial charge in [-0.05, 0) is 12.8 Å². The normalized spacial score (nSPS) is 9.90. The number of rotatable bonds is 15. The van der Waals surface area contributed by atoms with Gasteiger partial charge in [0, 0.05) is 13.1 Å². The van der Waals surface area contributed by atoms with Crippen molar-refractivity contribution in [3.63, 3.8) is 0 Å². The first kappa shape index (κ1) is 25.5. The largest absolute Gasteiger partial charge is 0.258 e. The molecule has 0 aromatic heterocycles. The zero-order valence-electron chi connectivity index (χ0n) is 13.7. The van der Waals surface area contributed by atoms with Crippen LogP contribution in [-0.4, -0.2) is 13.1 Å². The molecule has 2 N–H and O–H groups in total. The second-order valence-electron chi connectivity index (χ2n) is 5.39. The molecular formula is C16H38Cl2N2. The van der Waals surface area contributed by atoms with Gasteiger partial charge in [0.2, 0.25) is 0 Å². The fourth-order valence-electron chi connectivity index (χ4n) is 2.16. The Morgan fingerprint density at radius 2 is 0.750 bits per heavy atom. The van der Waals surface area contributed by atoms with E-state index in [1.807, 2.05) is 0 Å². The van der Waals surface area contributed by atoms with E-state index in [0.29, 0.717) is 0 Å². The molecule has 0 fully saturated rings. The third kappa shape index (κ3) is 23.6. The fraction of sp³-hybridized carbons (Fsp3) is 1.00. The van der Waals surface area contributed by atoms with Crippen molar-refractivity contribution in [3.8, 4) is 0 Å². The summed E-state index contributed by atoms with van der Waals surface area (Å²) < 4.78 is 0. The van der Waals surface area contributed by atoms with E-state index < -0.39 is 0 Å². The topological polar surface area (TPSA) is 24.1 Å². The van der Waals surface area contributed by atoms with Gasteiger partial charge in [0.25, 0.3) is 0 Å². The number of unbranched alkanes of at least 4 members (excludes halogenated alkanes) is 10. The smallest absolute Gasteiger partial charge is 0.00997 e. The lowest BCUT2D eigenvalue weighted by Gasteiger charge is -2.07. The second-order valence-corrected chi connectivity index (χ2v) is 5.39. The molecule has 0 unspecified atom stereocenters. The Morgan fingerprint density at radius 1 is 0.450 bits per heavy atom. The van der Waals surface area contributed by atoms with Crippen LogP contribution in [0.15, 0.2) is 0 Å². The lowest BCUT2D eigenvalue weighted by atomic mass is 10.1. The van der Waals surface area contributed by atoms with Gasteiger partial charge < -0.3 is 0 Å². The average molecular weight is 329 g/mol. The van der Waals surface area contributed by atoms with Gasteiger partial charge >= 0.3 is 0 Å². The van der Waals surface area contributed by atoms with E-state index in [0.717, 1.165) is 13.1 Å². The van der Waals surface area contributed by atoms with Crippen LogP contribution in [0.5, 0.6) is 0 Å². The predicted molar refractivity (Wildman–Crippen MR) is 97.3 cm³/mol. The van der Waals surface area contributed by atoms with Crippen LogP contribution in [0.2, 0.25) is 0 Å². The number of hydrogen-bond donors (Lipinski definition) is 2. The third-order valence-electron chi connectivity index (χ3n) is 3.44. The molecule has 0 heterocycles. The molecule has 2 nitrogen and oxygen atoms in total. The Balaban J connectivity index is -0.00000144. The fourth-order valence-corrected chi connectivity index (χ4v) is 2.16. The summed E-state index contributed by atoms with van der Waals surface area (Å²) in [6.45, 7) is 6.80. The van der Waals surface area contributed by atoms with Crippen LogP contribution in [0.1, 0.15) is 90.9 Å². The van der Waals surface area contributed by atoms with Crippen molar-refractivity contribution in [1.82, 2.24) is 10.9 Å². The maximum absolute atomic E-state index is 3.33. The Labute approximate surface area is 140 Å². The molecule has 0 aliphatic carbocycles. The lowest BCUT2D eigenvalue weighted by molar-refractivity contribution is 0.481. The molecule has 0 rings (SSSR count). The Kier molecular flexibility index (Phi) is 31.2. The minimum Gasteiger partial charge on any atom is -0.258 e. The minimum atomic E-state index is 0. The maximum Gasteiger partial charge on any atom is 0.00997 e. The van der Waals surface area contributed by atoms with Gasteiger partial charge in [-0.1, -0.05) is 78.1 Å². The van der Waals surface area contributed by atoms with E-state index in [-0.39, 0.29) is 24.8 Å². The van der Waals surface area contributed by atoms with Crippen LogP contribution in [0.25, 0.3) is 0 Å². The van der Waals surface area contributed by atoms with Crippen LogP contribution in [0.4, 0.5) is 0 Å². The van der Waals surface area contributed by atoms with Gasteiger partial charge in [-0.15, -0.1) is 24.8 Å². The third-order valence-corrected chi connectivity index (χ3v) is 3.44.